The smallest absolute Gasteiger partial charge is 0.255 e. The summed E-state index contributed by atoms with van der Waals surface area (Å²) < 4.78 is 105. The van der Waals surface area contributed by atoms with Crippen molar-refractivity contribution in [3.63, 3.8) is 0 Å². The molecule has 0 spiro atoms. The van der Waals surface area contributed by atoms with Crippen molar-refractivity contribution in [2.75, 3.05) is 4.72 Å². The Kier molecular flexibility index (Phi) is 5.34. The quantitative estimate of drug-likeness (QED) is 0.521. The third-order valence-electron chi connectivity index (χ3n) is 3.71. The summed E-state index contributed by atoms with van der Waals surface area (Å²) in [5.74, 6) is 0. The third-order valence-corrected chi connectivity index (χ3v) is 5.95. The zero-order valence-electron chi connectivity index (χ0n) is 14.0. The first-order chi connectivity index (χ1) is 13.4. The minimum Gasteiger partial charge on any atom is -0.255 e. The van der Waals surface area contributed by atoms with Crippen molar-refractivity contribution in [1.29, 1.82) is 0 Å². The van der Waals surface area contributed by atoms with Crippen molar-refractivity contribution in [3.8, 4) is 11.3 Å². The first-order valence-corrected chi connectivity index (χ1v) is 10.1. The molecule has 4 nitrogen and oxygen atoms in total. The molecule has 0 aliphatic carbocycles. The first-order valence-electron chi connectivity index (χ1n) is 7.70. The summed E-state index contributed by atoms with van der Waals surface area (Å²) >= 11 is 0.704. The highest BCUT2D eigenvalue weighted by Crippen LogP contribution is 2.41. The Bertz CT molecular complexity index is 1120. The summed E-state index contributed by atoms with van der Waals surface area (Å²) in [6.45, 7) is 0. The zero-order valence-corrected chi connectivity index (χ0v) is 15.7. The van der Waals surface area contributed by atoms with E-state index in [-0.39, 0.29) is 21.8 Å². The molecule has 154 valence electrons. The molecule has 0 radical (unpaired) electrons. The second kappa shape index (κ2) is 7.34. The Labute approximate surface area is 164 Å². The van der Waals surface area contributed by atoms with Gasteiger partial charge in [0.15, 0.2) is 5.13 Å². The molecule has 1 aromatic heterocycles. The monoisotopic (exact) mass is 452 g/mol. The lowest BCUT2D eigenvalue weighted by molar-refractivity contribution is -0.142. The lowest BCUT2D eigenvalue weighted by atomic mass is 10.0. The molecule has 0 aliphatic heterocycles. The molecule has 1 N–H and O–H groups in total. The van der Waals surface area contributed by atoms with Crippen LogP contribution < -0.4 is 4.72 Å². The summed E-state index contributed by atoms with van der Waals surface area (Å²) in [5, 5.41) is 0.901. The zero-order chi connectivity index (χ0) is 21.4. The number of hydrogen-bond acceptors (Lipinski definition) is 4. The van der Waals surface area contributed by atoms with E-state index in [4.69, 9.17) is 0 Å². The molecule has 29 heavy (non-hydrogen) atoms. The third kappa shape index (κ3) is 4.70. The number of nitrogens with one attached hydrogen (secondary N) is 1. The highest BCUT2D eigenvalue weighted by atomic mass is 32.2. The van der Waals surface area contributed by atoms with Crippen LogP contribution >= 0.6 is 11.3 Å². The van der Waals surface area contributed by atoms with E-state index < -0.39 is 39.1 Å². The van der Waals surface area contributed by atoms with Crippen molar-refractivity contribution < 1.29 is 34.8 Å². The number of hydrogen-bond donors (Lipinski definition) is 1. The Morgan fingerprint density at radius 1 is 0.897 bits per heavy atom. The van der Waals surface area contributed by atoms with Crippen LogP contribution in [0.5, 0.6) is 0 Å². The number of alkyl halides is 6. The van der Waals surface area contributed by atoms with Crippen LogP contribution in [-0.4, -0.2) is 13.4 Å². The minimum absolute atomic E-state index is 0.00247. The van der Waals surface area contributed by atoms with Gasteiger partial charge in [-0.2, -0.15) is 26.3 Å². The SMILES string of the molecule is O=S(=O)(Nc1nc(-c2ccc(C(F)(F)F)cc2C(F)(F)F)cs1)c1ccccc1. The van der Waals surface area contributed by atoms with E-state index in [1.807, 2.05) is 0 Å². The molecule has 0 aliphatic rings. The lowest BCUT2D eigenvalue weighted by Crippen LogP contribution is -2.13. The van der Waals surface area contributed by atoms with Crippen molar-refractivity contribution in [1.82, 2.24) is 4.98 Å². The predicted molar refractivity (Wildman–Crippen MR) is 94.8 cm³/mol. The molecular weight excluding hydrogens is 442 g/mol. The van der Waals surface area contributed by atoms with Crippen LogP contribution in [0.2, 0.25) is 0 Å². The highest BCUT2D eigenvalue weighted by molar-refractivity contribution is 7.93. The van der Waals surface area contributed by atoms with Gasteiger partial charge in [0.2, 0.25) is 0 Å². The van der Waals surface area contributed by atoms with Gasteiger partial charge in [-0.05, 0) is 24.3 Å². The van der Waals surface area contributed by atoms with Crippen molar-refractivity contribution in [2.24, 2.45) is 0 Å². The Morgan fingerprint density at radius 3 is 2.14 bits per heavy atom. The standard InChI is InChI=1S/C17H10F6N2O2S2/c18-16(19,20)10-6-7-12(13(8-10)17(21,22)23)14-9-28-15(24-14)25-29(26,27)11-4-2-1-3-5-11/h1-9H,(H,24,25). The highest BCUT2D eigenvalue weighted by Gasteiger charge is 2.38. The normalized spacial score (nSPS) is 12.8. The van der Waals surface area contributed by atoms with Crippen LogP contribution in [0.4, 0.5) is 31.5 Å². The van der Waals surface area contributed by atoms with Gasteiger partial charge in [-0.1, -0.05) is 24.3 Å². The van der Waals surface area contributed by atoms with Gasteiger partial charge in [0.05, 0.1) is 21.7 Å². The van der Waals surface area contributed by atoms with Crippen LogP contribution in [0.1, 0.15) is 11.1 Å². The number of anilines is 1. The summed E-state index contributed by atoms with van der Waals surface area (Å²) in [4.78, 5) is 3.72. The fourth-order valence-electron chi connectivity index (χ4n) is 2.40. The average molecular weight is 452 g/mol. The lowest BCUT2D eigenvalue weighted by Gasteiger charge is -2.14. The largest absolute Gasteiger partial charge is 0.417 e. The molecule has 0 unspecified atom stereocenters. The fourth-order valence-corrected chi connectivity index (χ4v) is 4.38. The van der Waals surface area contributed by atoms with Gasteiger partial charge in [-0.3, -0.25) is 4.72 Å². The average Bonchev–Trinajstić information content (AvgIpc) is 3.08. The molecule has 3 aromatic rings. The number of nitrogens with zero attached hydrogens (tertiary/aromatic N) is 1. The van der Waals surface area contributed by atoms with Gasteiger partial charge >= 0.3 is 12.4 Å². The van der Waals surface area contributed by atoms with E-state index in [1.54, 1.807) is 6.07 Å². The Hall–Kier alpha value is -2.60. The van der Waals surface area contributed by atoms with Crippen molar-refractivity contribution in [2.45, 2.75) is 17.2 Å². The van der Waals surface area contributed by atoms with E-state index in [2.05, 4.69) is 9.71 Å². The summed E-state index contributed by atoms with van der Waals surface area (Å²) in [6.07, 6.45) is -10.0. The molecule has 0 bridgehead atoms. The molecular formula is C17H10F6N2O2S2. The molecule has 2 aromatic carbocycles. The minimum atomic E-state index is -5.07. The number of sulfonamides is 1. The maximum absolute atomic E-state index is 13.3. The number of benzene rings is 2. The number of aromatic nitrogens is 1. The number of thiazole rings is 1. The Morgan fingerprint density at radius 2 is 1.55 bits per heavy atom. The molecule has 0 amide bonds. The molecule has 12 heteroatoms. The van der Waals surface area contributed by atoms with Crippen molar-refractivity contribution in [3.05, 3.63) is 65.0 Å². The maximum atomic E-state index is 13.3. The van der Waals surface area contributed by atoms with E-state index in [0.717, 1.165) is 5.38 Å². The summed E-state index contributed by atoms with van der Waals surface area (Å²) in [7, 11) is -4.02. The molecule has 3 rings (SSSR count). The Balaban J connectivity index is 1.98. The van der Waals surface area contributed by atoms with Gasteiger partial charge in [0.25, 0.3) is 10.0 Å². The molecule has 0 saturated heterocycles. The predicted octanol–water partition coefficient (Wildman–Crippen LogP) is 5.65. The van der Waals surface area contributed by atoms with Crippen LogP contribution in [-0.2, 0) is 22.4 Å². The number of rotatable bonds is 4. The number of halogens is 6. The van der Waals surface area contributed by atoms with Gasteiger partial charge in [0, 0.05) is 10.9 Å². The molecule has 0 saturated carbocycles. The van der Waals surface area contributed by atoms with Crippen LogP contribution in [0, 0.1) is 0 Å². The fraction of sp³-hybridized carbons (Fsp3) is 0.118. The maximum Gasteiger partial charge on any atom is 0.417 e. The second-order valence-corrected chi connectivity index (χ2v) is 8.25. The first kappa shape index (κ1) is 21.1. The van der Waals surface area contributed by atoms with E-state index >= 15 is 0 Å². The molecule has 1 heterocycles. The molecule has 0 fully saturated rings. The summed E-state index contributed by atoms with van der Waals surface area (Å²) in [5.41, 5.74) is -3.86. The topological polar surface area (TPSA) is 59.1 Å². The van der Waals surface area contributed by atoms with Gasteiger partial charge in [-0.25, -0.2) is 13.4 Å². The van der Waals surface area contributed by atoms with Crippen LogP contribution in [0.15, 0.2) is 58.8 Å². The van der Waals surface area contributed by atoms with Crippen LogP contribution in [0.3, 0.4) is 0 Å². The van der Waals surface area contributed by atoms with Crippen LogP contribution in [0.25, 0.3) is 11.3 Å². The molecule has 0 atom stereocenters. The van der Waals surface area contributed by atoms with Gasteiger partial charge in [0.1, 0.15) is 0 Å². The van der Waals surface area contributed by atoms with Gasteiger partial charge in [-0.15, -0.1) is 11.3 Å². The van der Waals surface area contributed by atoms with E-state index in [0.29, 0.717) is 23.5 Å². The van der Waals surface area contributed by atoms with Gasteiger partial charge < -0.3 is 0 Å². The van der Waals surface area contributed by atoms with Crippen molar-refractivity contribution >= 4 is 26.5 Å². The van der Waals surface area contributed by atoms with E-state index in [1.165, 1.54) is 24.3 Å². The summed E-state index contributed by atoms with van der Waals surface area (Å²) in [6, 6.07) is 8.38. The second-order valence-electron chi connectivity index (χ2n) is 5.71. The van der Waals surface area contributed by atoms with E-state index in [9.17, 15) is 34.8 Å².